The van der Waals surface area contributed by atoms with E-state index in [-0.39, 0.29) is 5.91 Å². The Bertz CT molecular complexity index is 1180. The Hall–Kier alpha value is -3.47. The fourth-order valence-corrected chi connectivity index (χ4v) is 3.41. The molecule has 0 radical (unpaired) electrons. The van der Waals surface area contributed by atoms with Crippen LogP contribution in [0.25, 0.3) is 34.3 Å². The van der Waals surface area contributed by atoms with E-state index in [0.717, 1.165) is 39.4 Å². The summed E-state index contributed by atoms with van der Waals surface area (Å²) in [4.78, 5) is 12.6. The van der Waals surface area contributed by atoms with Gasteiger partial charge < -0.3 is 9.73 Å². The van der Waals surface area contributed by atoms with Gasteiger partial charge in [0.1, 0.15) is 11.5 Å². The highest BCUT2D eigenvalue weighted by molar-refractivity contribution is 6.04. The third-order valence-electron chi connectivity index (χ3n) is 4.67. The number of nitrogens with zero attached hydrogens (tertiary/aromatic N) is 2. The molecule has 5 rings (SSSR count). The van der Waals surface area contributed by atoms with E-state index in [4.69, 9.17) is 4.42 Å². The molecular formula is C21H15N3O2. The van der Waals surface area contributed by atoms with Crippen molar-refractivity contribution in [2.45, 2.75) is 13.0 Å². The maximum Gasteiger partial charge on any atom is 0.251 e. The van der Waals surface area contributed by atoms with Gasteiger partial charge in [-0.3, -0.25) is 4.79 Å². The zero-order valence-electron chi connectivity index (χ0n) is 13.9. The van der Waals surface area contributed by atoms with Gasteiger partial charge in [0.15, 0.2) is 0 Å². The molecule has 1 amide bonds. The van der Waals surface area contributed by atoms with E-state index in [0.29, 0.717) is 17.9 Å². The molecule has 0 fully saturated rings. The number of allylic oxidation sites excluding steroid dienone is 1. The van der Waals surface area contributed by atoms with Crippen LogP contribution in [0.5, 0.6) is 0 Å². The lowest BCUT2D eigenvalue weighted by molar-refractivity contribution is 0.0948. The summed E-state index contributed by atoms with van der Waals surface area (Å²) in [5.74, 6) is 0.554. The normalized spacial score (nSPS) is 12.9. The quantitative estimate of drug-likeness (QED) is 0.621. The first-order chi connectivity index (χ1) is 12.8. The molecule has 1 N–H and O–H groups in total. The molecule has 1 aliphatic heterocycles. The predicted octanol–water partition coefficient (Wildman–Crippen LogP) is 3.17. The number of hydrogen-bond donors (Lipinski definition) is 1. The van der Waals surface area contributed by atoms with Gasteiger partial charge in [0, 0.05) is 16.7 Å². The van der Waals surface area contributed by atoms with Crippen molar-refractivity contribution in [2.24, 2.45) is 0 Å². The van der Waals surface area contributed by atoms with Gasteiger partial charge in [-0.15, -0.1) is 10.2 Å². The zero-order chi connectivity index (χ0) is 17.5. The molecule has 5 heteroatoms. The van der Waals surface area contributed by atoms with Crippen molar-refractivity contribution in [3.63, 3.8) is 0 Å². The standard InChI is InChI=1S/C21H15N3O2/c25-21(22-12-16-5-3-9-26-16)15-10-14-8-7-13-4-1-2-6-17(13)20-19(14)18(11-15)23-24-20/h2-11H,1,12H2,(H,22,25). The SMILES string of the molecule is O=C(NCc1ccco1)c1cc2ccc3c(c4nnc(c1)c2-4)C=CCC=3. The molecule has 2 aliphatic carbocycles. The smallest absolute Gasteiger partial charge is 0.251 e. The Labute approximate surface area is 149 Å². The van der Waals surface area contributed by atoms with E-state index in [1.54, 1.807) is 18.4 Å². The van der Waals surface area contributed by atoms with Crippen molar-refractivity contribution in [1.82, 2.24) is 15.5 Å². The third kappa shape index (κ3) is 2.37. The molecule has 2 aromatic rings. The van der Waals surface area contributed by atoms with Gasteiger partial charge in [0.2, 0.25) is 0 Å². The van der Waals surface area contributed by atoms with Crippen molar-refractivity contribution in [3.8, 4) is 11.3 Å². The molecular weight excluding hydrogens is 326 g/mol. The van der Waals surface area contributed by atoms with E-state index in [2.05, 4.69) is 39.8 Å². The summed E-state index contributed by atoms with van der Waals surface area (Å²) in [5.41, 5.74) is 4.26. The molecule has 2 heterocycles. The van der Waals surface area contributed by atoms with Gasteiger partial charge in [-0.1, -0.05) is 30.4 Å². The van der Waals surface area contributed by atoms with Crippen LogP contribution in [0.1, 0.15) is 28.1 Å². The van der Waals surface area contributed by atoms with E-state index < -0.39 is 0 Å². The number of aromatic nitrogens is 2. The molecule has 0 bridgehead atoms. The van der Waals surface area contributed by atoms with Gasteiger partial charge in [-0.05, 0) is 41.3 Å². The second-order valence-corrected chi connectivity index (χ2v) is 6.31. The lowest BCUT2D eigenvalue weighted by atomic mass is 9.99. The number of rotatable bonds is 3. The van der Waals surface area contributed by atoms with Crippen molar-refractivity contribution in [2.75, 3.05) is 0 Å². The molecule has 0 spiro atoms. The molecule has 26 heavy (non-hydrogen) atoms. The monoisotopic (exact) mass is 341 g/mol. The molecule has 1 aromatic carbocycles. The summed E-state index contributed by atoms with van der Waals surface area (Å²) in [5, 5.41) is 13.7. The zero-order valence-corrected chi connectivity index (χ0v) is 13.9. The van der Waals surface area contributed by atoms with E-state index in [9.17, 15) is 4.79 Å². The Balaban J connectivity index is 1.58. The molecule has 3 aliphatic rings. The number of furan rings is 1. The Morgan fingerprint density at radius 3 is 3.04 bits per heavy atom. The summed E-state index contributed by atoms with van der Waals surface area (Å²) >= 11 is 0. The first kappa shape index (κ1) is 14.8. The van der Waals surface area contributed by atoms with Crippen molar-refractivity contribution >= 4 is 29.0 Å². The fraction of sp³-hybridized carbons (Fsp3) is 0.0952. The predicted molar refractivity (Wildman–Crippen MR) is 99.4 cm³/mol. The number of amides is 1. The number of benzene rings is 1. The summed E-state index contributed by atoms with van der Waals surface area (Å²) in [7, 11) is 0. The third-order valence-corrected chi connectivity index (χ3v) is 4.67. The largest absolute Gasteiger partial charge is 0.467 e. The van der Waals surface area contributed by atoms with Crippen LogP contribution in [0.3, 0.4) is 0 Å². The van der Waals surface area contributed by atoms with Crippen LogP contribution in [-0.4, -0.2) is 16.1 Å². The van der Waals surface area contributed by atoms with Gasteiger partial charge >= 0.3 is 0 Å². The molecule has 0 unspecified atom stereocenters. The van der Waals surface area contributed by atoms with E-state index in [1.165, 1.54) is 0 Å². The number of nitrogens with one attached hydrogen (secondary N) is 1. The number of hydrogen-bond acceptors (Lipinski definition) is 4. The lowest BCUT2D eigenvalue weighted by Gasteiger charge is -2.06. The number of carbonyl (C=O) groups excluding carboxylic acids is 1. The molecule has 0 saturated carbocycles. The molecule has 5 nitrogen and oxygen atoms in total. The van der Waals surface area contributed by atoms with Gasteiger partial charge in [0.05, 0.1) is 18.3 Å². The first-order valence-corrected chi connectivity index (χ1v) is 8.50. The summed E-state index contributed by atoms with van der Waals surface area (Å²) in [6, 6.07) is 11.4. The van der Waals surface area contributed by atoms with Gasteiger partial charge in [0.25, 0.3) is 5.91 Å². The lowest BCUT2D eigenvalue weighted by Crippen LogP contribution is -2.22. The fourth-order valence-electron chi connectivity index (χ4n) is 3.41. The summed E-state index contributed by atoms with van der Waals surface area (Å²) in [6.45, 7) is 0.350. The highest BCUT2D eigenvalue weighted by Crippen LogP contribution is 2.33. The van der Waals surface area contributed by atoms with Gasteiger partial charge in [-0.2, -0.15) is 0 Å². The second kappa shape index (κ2) is 5.81. The van der Waals surface area contributed by atoms with Crippen LogP contribution in [-0.2, 0) is 6.54 Å². The van der Waals surface area contributed by atoms with E-state index >= 15 is 0 Å². The maximum absolute atomic E-state index is 12.6. The average Bonchev–Trinajstić information content (AvgIpc) is 3.30. The molecule has 0 atom stereocenters. The van der Waals surface area contributed by atoms with Crippen molar-refractivity contribution in [1.29, 1.82) is 0 Å². The number of fused-ring (bicyclic) bond motifs is 2. The molecule has 126 valence electrons. The minimum absolute atomic E-state index is 0.161. The highest BCUT2D eigenvalue weighted by atomic mass is 16.3. The van der Waals surface area contributed by atoms with Gasteiger partial charge in [-0.25, -0.2) is 0 Å². The Morgan fingerprint density at radius 2 is 2.15 bits per heavy atom. The minimum Gasteiger partial charge on any atom is -0.467 e. The first-order valence-electron chi connectivity index (χ1n) is 8.50. The Kier molecular flexibility index (Phi) is 3.31. The Morgan fingerprint density at radius 1 is 1.19 bits per heavy atom. The van der Waals surface area contributed by atoms with Crippen LogP contribution >= 0.6 is 0 Å². The van der Waals surface area contributed by atoms with Crippen LogP contribution in [0.4, 0.5) is 0 Å². The van der Waals surface area contributed by atoms with Crippen LogP contribution in [0.15, 0.2) is 53.2 Å². The summed E-state index contributed by atoms with van der Waals surface area (Å²) < 4.78 is 5.25. The van der Waals surface area contributed by atoms with Crippen LogP contribution in [0, 0.1) is 0 Å². The average molecular weight is 341 g/mol. The maximum atomic E-state index is 12.6. The minimum atomic E-state index is -0.161. The summed E-state index contributed by atoms with van der Waals surface area (Å²) in [6.07, 6.45) is 8.90. The number of carbonyl (C=O) groups is 1. The van der Waals surface area contributed by atoms with E-state index in [1.807, 2.05) is 18.2 Å². The topological polar surface area (TPSA) is 68.0 Å². The van der Waals surface area contributed by atoms with Crippen molar-refractivity contribution < 1.29 is 9.21 Å². The molecule has 0 saturated heterocycles. The molecule has 1 aromatic heterocycles. The van der Waals surface area contributed by atoms with Crippen molar-refractivity contribution in [3.05, 3.63) is 70.8 Å². The van der Waals surface area contributed by atoms with Crippen LogP contribution < -0.4 is 10.5 Å². The second-order valence-electron chi connectivity index (χ2n) is 6.31. The van der Waals surface area contributed by atoms with Crippen LogP contribution in [0.2, 0.25) is 0 Å². The highest BCUT2D eigenvalue weighted by Gasteiger charge is 2.19.